The van der Waals surface area contributed by atoms with E-state index >= 15 is 0 Å². The second-order valence-corrected chi connectivity index (χ2v) is 6.54. The minimum absolute atomic E-state index is 0.233. The smallest absolute Gasteiger partial charge is 0.306 e. The van der Waals surface area contributed by atoms with Crippen LogP contribution < -0.4 is 13.1 Å². The van der Waals surface area contributed by atoms with Gasteiger partial charge in [-0.25, -0.2) is 0 Å². The molecule has 1 aromatic rings. The van der Waals surface area contributed by atoms with Crippen molar-refractivity contribution in [2.45, 2.75) is 0 Å². The van der Waals surface area contributed by atoms with Crippen molar-refractivity contribution in [1.82, 2.24) is 0 Å². The molecule has 0 aliphatic carbocycles. The number of hydrogen-bond acceptors (Lipinski definition) is 7. The van der Waals surface area contributed by atoms with E-state index in [-0.39, 0.29) is 11.5 Å². The van der Waals surface area contributed by atoms with Crippen molar-refractivity contribution >= 4 is 20.2 Å². The maximum absolute atomic E-state index is 11.1. The van der Waals surface area contributed by atoms with Gasteiger partial charge >= 0.3 is 20.2 Å². The van der Waals surface area contributed by atoms with E-state index in [1.807, 2.05) is 0 Å². The van der Waals surface area contributed by atoms with Crippen molar-refractivity contribution in [2.75, 3.05) is 19.6 Å². The standard InChI is InChI=1S/C9H12O7S2/c1-14-7-4-5-8(15-17(2,10)11)9(6-7)16-18(3,12)13/h4-6H,1-3H3. The van der Waals surface area contributed by atoms with E-state index in [9.17, 15) is 16.8 Å². The lowest BCUT2D eigenvalue weighted by molar-refractivity contribution is 0.408. The number of methoxy groups -OCH3 is 1. The molecule has 18 heavy (non-hydrogen) atoms. The van der Waals surface area contributed by atoms with Crippen LogP contribution in [0.25, 0.3) is 0 Å². The van der Waals surface area contributed by atoms with Crippen LogP contribution in [-0.4, -0.2) is 36.5 Å². The Bertz CT molecular complexity index is 631. The summed E-state index contributed by atoms with van der Waals surface area (Å²) in [5.41, 5.74) is 0. The van der Waals surface area contributed by atoms with Crippen LogP contribution in [0.2, 0.25) is 0 Å². The van der Waals surface area contributed by atoms with Gasteiger partial charge in [0.25, 0.3) is 0 Å². The Morgan fingerprint density at radius 2 is 1.39 bits per heavy atom. The highest BCUT2D eigenvalue weighted by Crippen LogP contribution is 2.33. The Balaban J connectivity index is 3.24. The monoisotopic (exact) mass is 296 g/mol. The Kier molecular flexibility index (Phi) is 4.07. The molecule has 0 spiro atoms. The fourth-order valence-electron chi connectivity index (χ4n) is 1.08. The van der Waals surface area contributed by atoms with Gasteiger partial charge in [0.1, 0.15) is 5.75 Å². The van der Waals surface area contributed by atoms with Gasteiger partial charge in [-0.3, -0.25) is 0 Å². The summed E-state index contributed by atoms with van der Waals surface area (Å²) in [7, 11) is -6.23. The fourth-order valence-corrected chi connectivity index (χ4v) is 2.00. The summed E-state index contributed by atoms with van der Waals surface area (Å²) in [5.74, 6) is -0.194. The van der Waals surface area contributed by atoms with Crippen LogP contribution in [0.5, 0.6) is 17.2 Å². The summed E-state index contributed by atoms with van der Waals surface area (Å²) in [6, 6.07) is 3.86. The molecule has 0 N–H and O–H groups in total. The molecule has 0 saturated heterocycles. The van der Waals surface area contributed by atoms with E-state index in [0.717, 1.165) is 12.5 Å². The normalized spacial score (nSPS) is 11.9. The van der Waals surface area contributed by atoms with Crippen molar-refractivity contribution in [3.63, 3.8) is 0 Å². The van der Waals surface area contributed by atoms with Crippen molar-refractivity contribution in [2.24, 2.45) is 0 Å². The molecule has 0 fully saturated rings. The van der Waals surface area contributed by atoms with Crippen molar-refractivity contribution < 1.29 is 29.9 Å². The van der Waals surface area contributed by atoms with Gasteiger partial charge in [-0.1, -0.05) is 0 Å². The highest BCUT2D eigenvalue weighted by atomic mass is 32.2. The molecule has 0 atom stereocenters. The molecule has 0 unspecified atom stereocenters. The van der Waals surface area contributed by atoms with E-state index in [1.54, 1.807) is 0 Å². The first-order valence-electron chi connectivity index (χ1n) is 4.58. The number of hydrogen-bond donors (Lipinski definition) is 0. The number of ether oxygens (including phenoxy) is 1. The van der Waals surface area contributed by atoms with E-state index < -0.39 is 20.2 Å². The summed E-state index contributed by atoms with van der Waals surface area (Å²) in [6.07, 6.45) is 1.66. The Morgan fingerprint density at radius 3 is 1.83 bits per heavy atom. The van der Waals surface area contributed by atoms with E-state index in [1.165, 1.54) is 25.3 Å². The maximum atomic E-state index is 11.1. The summed E-state index contributed by atoms with van der Waals surface area (Å²) < 4.78 is 58.2. The first-order chi connectivity index (χ1) is 8.11. The quantitative estimate of drug-likeness (QED) is 0.724. The molecule has 1 rings (SSSR count). The van der Waals surface area contributed by atoms with Gasteiger partial charge in [-0.05, 0) is 12.1 Å². The van der Waals surface area contributed by atoms with E-state index in [2.05, 4.69) is 8.37 Å². The van der Waals surface area contributed by atoms with E-state index in [0.29, 0.717) is 5.75 Å². The lowest BCUT2D eigenvalue weighted by atomic mass is 10.3. The highest BCUT2D eigenvalue weighted by molar-refractivity contribution is 7.86. The third-order valence-corrected chi connectivity index (χ3v) is 2.60. The molecule has 1 aromatic carbocycles. The van der Waals surface area contributed by atoms with Crippen LogP contribution in [0, 0.1) is 0 Å². The van der Waals surface area contributed by atoms with Crippen molar-refractivity contribution in [3.05, 3.63) is 18.2 Å². The maximum Gasteiger partial charge on any atom is 0.306 e. The van der Waals surface area contributed by atoms with Gasteiger partial charge in [0.05, 0.1) is 19.6 Å². The fraction of sp³-hybridized carbons (Fsp3) is 0.333. The molecule has 7 nitrogen and oxygen atoms in total. The number of benzene rings is 1. The lowest BCUT2D eigenvalue weighted by Crippen LogP contribution is -2.10. The largest absolute Gasteiger partial charge is 0.497 e. The topological polar surface area (TPSA) is 96.0 Å². The van der Waals surface area contributed by atoms with Crippen molar-refractivity contribution in [3.8, 4) is 17.2 Å². The summed E-state index contributed by atoms with van der Waals surface area (Å²) in [6.45, 7) is 0. The molecule has 0 aromatic heterocycles. The summed E-state index contributed by atoms with van der Waals surface area (Å²) >= 11 is 0. The Labute approximate surface area is 106 Å². The van der Waals surface area contributed by atoms with Crippen LogP contribution in [0.1, 0.15) is 0 Å². The van der Waals surface area contributed by atoms with Gasteiger partial charge in [-0.15, -0.1) is 0 Å². The molecular formula is C9H12O7S2. The van der Waals surface area contributed by atoms with E-state index in [4.69, 9.17) is 4.74 Å². The SMILES string of the molecule is COc1ccc(OS(C)(=O)=O)c(OS(C)(=O)=O)c1. The van der Waals surface area contributed by atoms with Crippen LogP contribution in [0.15, 0.2) is 18.2 Å². The minimum atomic E-state index is -3.81. The molecule has 102 valence electrons. The van der Waals surface area contributed by atoms with Crippen LogP contribution in [0.4, 0.5) is 0 Å². The predicted molar refractivity (Wildman–Crippen MR) is 63.9 cm³/mol. The second-order valence-electron chi connectivity index (χ2n) is 3.39. The molecule has 0 heterocycles. The van der Waals surface area contributed by atoms with Crippen LogP contribution >= 0.6 is 0 Å². The summed E-state index contributed by atoms with van der Waals surface area (Å²) in [4.78, 5) is 0. The third-order valence-electron chi connectivity index (χ3n) is 1.63. The first-order valence-corrected chi connectivity index (χ1v) is 8.21. The molecule has 0 bridgehead atoms. The van der Waals surface area contributed by atoms with Gasteiger partial charge in [0.2, 0.25) is 0 Å². The lowest BCUT2D eigenvalue weighted by Gasteiger charge is -2.10. The predicted octanol–water partition coefficient (Wildman–Crippen LogP) is 0.372. The zero-order valence-electron chi connectivity index (χ0n) is 9.91. The zero-order valence-corrected chi connectivity index (χ0v) is 11.5. The van der Waals surface area contributed by atoms with Crippen LogP contribution in [-0.2, 0) is 20.2 Å². The first kappa shape index (κ1) is 14.6. The Hall–Kier alpha value is -1.48. The second kappa shape index (κ2) is 5.02. The summed E-state index contributed by atoms with van der Waals surface area (Å²) in [5, 5.41) is 0. The number of rotatable bonds is 5. The Morgan fingerprint density at radius 1 is 0.889 bits per heavy atom. The molecule has 0 amide bonds. The zero-order chi connectivity index (χ0) is 14.0. The van der Waals surface area contributed by atoms with Gasteiger partial charge in [0.15, 0.2) is 11.5 Å². The average Bonchev–Trinajstić information content (AvgIpc) is 2.16. The van der Waals surface area contributed by atoms with Gasteiger partial charge < -0.3 is 13.1 Å². The molecule has 0 aliphatic heterocycles. The molecule has 0 radical (unpaired) electrons. The van der Waals surface area contributed by atoms with Crippen LogP contribution in [0.3, 0.4) is 0 Å². The molecule has 0 saturated carbocycles. The molecule has 0 aliphatic rings. The molecule has 9 heteroatoms. The minimum Gasteiger partial charge on any atom is -0.497 e. The molecular weight excluding hydrogens is 284 g/mol. The highest BCUT2D eigenvalue weighted by Gasteiger charge is 2.16. The third kappa shape index (κ3) is 4.80. The van der Waals surface area contributed by atoms with Crippen molar-refractivity contribution in [1.29, 1.82) is 0 Å². The average molecular weight is 296 g/mol. The van der Waals surface area contributed by atoms with Gasteiger partial charge in [-0.2, -0.15) is 16.8 Å². The van der Waals surface area contributed by atoms with Gasteiger partial charge in [0, 0.05) is 6.07 Å².